The molecule has 0 aromatic carbocycles. The zero-order valence-electron chi connectivity index (χ0n) is 9.90. The van der Waals surface area contributed by atoms with Crippen LogP contribution in [0.25, 0.3) is 0 Å². The summed E-state index contributed by atoms with van der Waals surface area (Å²) in [5, 5.41) is 7.27. The fourth-order valence-corrected chi connectivity index (χ4v) is 2.07. The van der Waals surface area contributed by atoms with E-state index in [0.29, 0.717) is 18.5 Å². The zero-order valence-corrected chi connectivity index (χ0v) is 9.90. The molecule has 0 aliphatic carbocycles. The average molecular weight is 225 g/mol. The van der Waals surface area contributed by atoms with E-state index in [2.05, 4.69) is 22.4 Å². The van der Waals surface area contributed by atoms with Gasteiger partial charge in [-0.25, -0.2) is 0 Å². The Morgan fingerprint density at radius 3 is 3.12 bits per heavy atom. The maximum atomic E-state index is 5.47. The Bertz CT molecular complexity index is 327. The minimum atomic E-state index is 0.192. The highest BCUT2D eigenvalue weighted by Gasteiger charge is 2.30. The lowest BCUT2D eigenvalue weighted by Crippen LogP contribution is -2.39. The van der Waals surface area contributed by atoms with E-state index in [1.165, 1.54) is 0 Å². The van der Waals surface area contributed by atoms with Crippen LogP contribution in [0.1, 0.15) is 37.4 Å². The van der Waals surface area contributed by atoms with Gasteiger partial charge in [-0.2, -0.15) is 4.98 Å². The SMILES string of the molecule is CCCc1noc(C2COCCC2NC)n1. The van der Waals surface area contributed by atoms with Crippen LogP contribution in [-0.4, -0.2) is 36.4 Å². The van der Waals surface area contributed by atoms with Gasteiger partial charge in [0.05, 0.1) is 12.5 Å². The number of aromatic nitrogens is 2. The van der Waals surface area contributed by atoms with E-state index in [-0.39, 0.29) is 5.92 Å². The molecule has 1 aliphatic rings. The molecule has 1 aliphatic heterocycles. The molecule has 1 saturated heterocycles. The molecule has 0 amide bonds. The van der Waals surface area contributed by atoms with E-state index >= 15 is 0 Å². The van der Waals surface area contributed by atoms with Crippen LogP contribution in [0.4, 0.5) is 0 Å². The topological polar surface area (TPSA) is 60.2 Å². The van der Waals surface area contributed by atoms with Crippen LogP contribution in [0.2, 0.25) is 0 Å². The highest BCUT2D eigenvalue weighted by atomic mass is 16.5. The van der Waals surface area contributed by atoms with Crippen molar-refractivity contribution < 1.29 is 9.26 Å². The molecule has 2 atom stereocenters. The molecule has 1 aromatic rings. The average Bonchev–Trinajstić information content (AvgIpc) is 2.78. The number of rotatable bonds is 4. The first-order valence-electron chi connectivity index (χ1n) is 5.92. The van der Waals surface area contributed by atoms with E-state index < -0.39 is 0 Å². The second-order valence-electron chi connectivity index (χ2n) is 4.16. The molecule has 90 valence electrons. The van der Waals surface area contributed by atoms with Crippen molar-refractivity contribution in [3.05, 3.63) is 11.7 Å². The molecular weight excluding hydrogens is 206 g/mol. The predicted octanol–water partition coefficient (Wildman–Crippen LogP) is 1.11. The van der Waals surface area contributed by atoms with Crippen molar-refractivity contribution in [2.24, 2.45) is 0 Å². The van der Waals surface area contributed by atoms with Gasteiger partial charge in [0.15, 0.2) is 5.82 Å². The van der Waals surface area contributed by atoms with Crippen molar-refractivity contribution in [3.63, 3.8) is 0 Å². The van der Waals surface area contributed by atoms with Crippen molar-refractivity contribution in [2.75, 3.05) is 20.3 Å². The number of aryl methyl sites for hydroxylation is 1. The summed E-state index contributed by atoms with van der Waals surface area (Å²) in [5.41, 5.74) is 0. The lowest BCUT2D eigenvalue weighted by atomic mass is 9.96. The van der Waals surface area contributed by atoms with Crippen LogP contribution in [0, 0.1) is 0 Å². The standard InChI is InChI=1S/C11H19N3O2/c1-3-4-10-13-11(16-14-10)8-7-15-6-5-9(8)12-2/h8-9,12H,3-7H2,1-2H3. The number of hydrogen-bond acceptors (Lipinski definition) is 5. The van der Waals surface area contributed by atoms with E-state index in [9.17, 15) is 0 Å². The second-order valence-corrected chi connectivity index (χ2v) is 4.16. The van der Waals surface area contributed by atoms with Gasteiger partial charge < -0.3 is 14.6 Å². The highest BCUT2D eigenvalue weighted by Crippen LogP contribution is 2.24. The van der Waals surface area contributed by atoms with E-state index in [1.54, 1.807) is 0 Å². The predicted molar refractivity (Wildman–Crippen MR) is 59.3 cm³/mol. The van der Waals surface area contributed by atoms with Crippen LogP contribution in [0.3, 0.4) is 0 Å². The van der Waals surface area contributed by atoms with Crippen molar-refractivity contribution in [2.45, 2.75) is 38.1 Å². The normalized spacial score (nSPS) is 25.9. The first kappa shape index (κ1) is 11.5. The molecule has 1 N–H and O–H groups in total. The third-order valence-corrected chi connectivity index (χ3v) is 3.00. The smallest absolute Gasteiger partial charge is 0.233 e. The van der Waals surface area contributed by atoms with Crippen molar-refractivity contribution in [1.82, 2.24) is 15.5 Å². The molecule has 5 heteroatoms. The summed E-state index contributed by atoms with van der Waals surface area (Å²) in [6.45, 7) is 3.58. The van der Waals surface area contributed by atoms with Gasteiger partial charge in [0, 0.05) is 19.1 Å². The third kappa shape index (κ3) is 2.41. The number of likely N-dealkylation sites (N-methyl/N-ethyl adjacent to an activating group) is 1. The monoisotopic (exact) mass is 225 g/mol. The van der Waals surface area contributed by atoms with Crippen molar-refractivity contribution >= 4 is 0 Å². The lowest BCUT2D eigenvalue weighted by molar-refractivity contribution is 0.0516. The summed E-state index contributed by atoms with van der Waals surface area (Å²) in [7, 11) is 1.96. The van der Waals surface area contributed by atoms with Gasteiger partial charge in [-0.05, 0) is 19.9 Å². The molecule has 2 rings (SSSR count). The van der Waals surface area contributed by atoms with Gasteiger partial charge in [0.2, 0.25) is 5.89 Å². The number of nitrogens with one attached hydrogen (secondary N) is 1. The zero-order chi connectivity index (χ0) is 11.4. The summed E-state index contributed by atoms with van der Waals surface area (Å²) >= 11 is 0. The fourth-order valence-electron chi connectivity index (χ4n) is 2.07. The number of ether oxygens (including phenoxy) is 1. The van der Waals surface area contributed by atoms with Crippen molar-refractivity contribution in [3.8, 4) is 0 Å². The van der Waals surface area contributed by atoms with E-state index in [4.69, 9.17) is 9.26 Å². The summed E-state index contributed by atoms with van der Waals surface area (Å²) in [6.07, 6.45) is 2.91. The maximum Gasteiger partial charge on any atom is 0.233 e. The van der Waals surface area contributed by atoms with Gasteiger partial charge >= 0.3 is 0 Å². The third-order valence-electron chi connectivity index (χ3n) is 3.00. The molecule has 1 aromatic heterocycles. The summed E-state index contributed by atoms with van der Waals surface area (Å²) in [5.74, 6) is 1.71. The minimum absolute atomic E-state index is 0.192. The van der Waals surface area contributed by atoms with Crippen LogP contribution < -0.4 is 5.32 Å². The lowest BCUT2D eigenvalue weighted by Gasteiger charge is -2.28. The van der Waals surface area contributed by atoms with Gasteiger partial charge in [-0.3, -0.25) is 0 Å². The largest absolute Gasteiger partial charge is 0.381 e. The van der Waals surface area contributed by atoms with Crippen molar-refractivity contribution in [1.29, 1.82) is 0 Å². The first-order valence-corrected chi connectivity index (χ1v) is 5.92. The summed E-state index contributed by atoms with van der Waals surface area (Å²) in [6, 6.07) is 0.378. The molecule has 2 heterocycles. The Morgan fingerprint density at radius 2 is 2.38 bits per heavy atom. The Kier molecular flexibility index (Phi) is 3.90. The molecule has 1 fully saturated rings. The molecule has 0 spiro atoms. The maximum absolute atomic E-state index is 5.47. The Balaban J connectivity index is 2.08. The van der Waals surface area contributed by atoms with Crippen LogP contribution >= 0.6 is 0 Å². The summed E-state index contributed by atoms with van der Waals surface area (Å²) < 4.78 is 10.8. The molecule has 0 saturated carbocycles. The Morgan fingerprint density at radius 1 is 1.50 bits per heavy atom. The number of nitrogens with zero attached hydrogens (tertiary/aromatic N) is 2. The van der Waals surface area contributed by atoms with E-state index in [0.717, 1.165) is 31.7 Å². The fraction of sp³-hybridized carbons (Fsp3) is 0.818. The molecule has 16 heavy (non-hydrogen) atoms. The minimum Gasteiger partial charge on any atom is -0.381 e. The van der Waals surface area contributed by atoms with Crippen LogP contribution in [-0.2, 0) is 11.2 Å². The van der Waals surface area contributed by atoms with Crippen LogP contribution in [0.15, 0.2) is 4.52 Å². The van der Waals surface area contributed by atoms with Gasteiger partial charge in [-0.1, -0.05) is 12.1 Å². The molecular formula is C11H19N3O2. The second kappa shape index (κ2) is 5.41. The first-order chi connectivity index (χ1) is 7.85. The summed E-state index contributed by atoms with van der Waals surface area (Å²) in [4.78, 5) is 4.42. The van der Waals surface area contributed by atoms with Gasteiger partial charge in [-0.15, -0.1) is 0 Å². The Hall–Kier alpha value is -0.940. The Labute approximate surface area is 95.6 Å². The van der Waals surface area contributed by atoms with E-state index in [1.807, 2.05) is 7.05 Å². The molecule has 0 bridgehead atoms. The highest BCUT2D eigenvalue weighted by molar-refractivity contribution is 5.01. The molecule has 5 nitrogen and oxygen atoms in total. The van der Waals surface area contributed by atoms with Gasteiger partial charge in [0.1, 0.15) is 0 Å². The molecule has 0 radical (unpaired) electrons. The quantitative estimate of drug-likeness (QED) is 0.832. The molecule has 2 unspecified atom stereocenters. The number of hydrogen-bond donors (Lipinski definition) is 1. The van der Waals surface area contributed by atoms with Crippen LogP contribution in [0.5, 0.6) is 0 Å². The van der Waals surface area contributed by atoms with Gasteiger partial charge in [0.25, 0.3) is 0 Å².